The molecular weight excluding hydrogens is 278 g/mol. The van der Waals surface area contributed by atoms with E-state index in [-0.39, 0.29) is 10.9 Å². The highest BCUT2D eigenvalue weighted by molar-refractivity contribution is 7.89. The summed E-state index contributed by atoms with van der Waals surface area (Å²) < 4.78 is 27.4. The summed E-state index contributed by atoms with van der Waals surface area (Å²) >= 11 is 0. The summed E-state index contributed by atoms with van der Waals surface area (Å²) in [5, 5.41) is 9.48. The fraction of sp³-hybridized carbons (Fsp3) is 0.333. The van der Waals surface area contributed by atoms with Crippen molar-refractivity contribution < 1.29 is 8.42 Å². The summed E-state index contributed by atoms with van der Waals surface area (Å²) in [5.74, 6) is 0. The molecule has 0 bridgehead atoms. The molecule has 0 radical (unpaired) electrons. The van der Waals surface area contributed by atoms with Crippen LogP contribution >= 0.6 is 0 Å². The second-order valence-corrected chi connectivity index (χ2v) is 5.96. The van der Waals surface area contributed by atoms with E-state index in [0.717, 1.165) is 5.56 Å². The number of hydrogen-bond acceptors (Lipinski definition) is 5. The zero-order valence-electron chi connectivity index (χ0n) is 11.3. The molecule has 0 spiro atoms. The zero-order chi connectivity index (χ0) is 14.6. The highest BCUT2D eigenvalue weighted by Crippen LogP contribution is 2.21. The van der Waals surface area contributed by atoms with Crippen molar-refractivity contribution >= 4 is 15.7 Å². The van der Waals surface area contributed by atoms with Gasteiger partial charge in [-0.25, -0.2) is 13.1 Å². The van der Waals surface area contributed by atoms with E-state index < -0.39 is 10.0 Å². The van der Waals surface area contributed by atoms with Crippen molar-refractivity contribution in [2.75, 3.05) is 11.9 Å². The van der Waals surface area contributed by atoms with Gasteiger partial charge in [-0.15, -0.1) is 0 Å². The summed E-state index contributed by atoms with van der Waals surface area (Å²) in [6.07, 6.45) is 6.13. The second-order valence-electron chi connectivity index (χ2n) is 4.28. The minimum Gasteiger partial charge on any atom is -0.384 e. The van der Waals surface area contributed by atoms with E-state index in [1.54, 1.807) is 31.6 Å². The van der Waals surface area contributed by atoms with Crippen molar-refractivity contribution in [3.63, 3.8) is 0 Å². The topological polar surface area (TPSA) is 99.8 Å². The largest absolute Gasteiger partial charge is 0.384 e. The Balaban J connectivity index is 2.27. The number of nitrogens with zero attached hydrogens (tertiary/aromatic N) is 2. The van der Waals surface area contributed by atoms with Gasteiger partial charge in [0.25, 0.3) is 0 Å². The van der Waals surface area contributed by atoms with Crippen LogP contribution in [-0.4, -0.2) is 30.1 Å². The number of H-pyrrole nitrogens is 1. The summed E-state index contributed by atoms with van der Waals surface area (Å²) in [7, 11) is -3.66. The number of sulfonamides is 1. The van der Waals surface area contributed by atoms with Crippen LogP contribution in [0.3, 0.4) is 0 Å². The van der Waals surface area contributed by atoms with Crippen molar-refractivity contribution in [2.24, 2.45) is 0 Å². The van der Waals surface area contributed by atoms with Gasteiger partial charge in [0.2, 0.25) is 10.0 Å². The highest BCUT2D eigenvalue weighted by atomic mass is 32.2. The first-order valence-electron chi connectivity index (χ1n) is 6.23. The molecule has 0 saturated carbocycles. The van der Waals surface area contributed by atoms with E-state index >= 15 is 0 Å². The minimum absolute atomic E-state index is 0.136. The van der Waals surface area contributed by atoms with E-state index in [4.69, 9.17) is 0 Å². The van der Waals surface area contributed by atoms with Crippen LogP contribution < -0.4 is 10.0 Å². The van der Waals surface area contributed by atoms with Gasteiger partial charge in [-0.3, -0.25) is 10.1 Å². The Hall–Kier alpha value is -1.93. The average Bonchev–Trinajstić information content (AvgIpc) is 2.93. The molecule has 3 N–H and O–H groups in total. The molecule has 0 aliphatic rings. The van der Waals surface area contributed by atoms with E-state index in [1.807, 2.05) is 6.92 Å². The maximum Gasteiger partial charge on any atom is 0.244 e. The Morgan fingerprint density at radius 3 is 2.85 bits per heavy atom. The third kappa shape index (κ3) is 3.14. The van der Waals surface area contributed by atoms with E-state index in [1.165, 1.54) is 6.20 Å². The van der Waals surface area contributed by atoms with Crippen molar-refractivity contribution in [2.45, 2.75) is 24.8 Å². The lowest BCUT2D eigenvalue weighted by atomic mass is 10.2. The number of pyridine rings is 1. The van der Waals surface area contributed by atoms with Gasteiger partial charge < -0.3 is 5.32 Å². The first-order chi connectivity index (χ1) is 9.54. The van der Waals surface area contributed by atoms with Crippen LogP contribution in [0.2, 0.25) is 0 Å². The molecule has 108 valence electrons. The molecule has 0 saturated heterocycles. The predicted octanol–water partition coefficient (Wildman–Crippen LogP) is 1.28. The van der Waals surface area contributed by atoms with Crippen LogP contribution in [0.15, 0.2) is 35.7 Å². The number of hydrogen-bond donors (Lipinski definition) is 3. The van der Waals surface area contributed by atoms with Gasteiger partial charge in [0, 0.05) is 36.7 Å². The Morgan fingerprint density at radius 2 is 2.20 bits per heavy atom. The molecule has 20 heavy (non-hydrogen) atoms. The third-order valence-electron chi connectivity index (χ3n) is 2.79. The van der Waals surface area contributed by atoms with Crippen LogP contribution in [0.4, 0.5) is 5.69 Å². The summed E-state index contributed by atoms with van der Waals surface area (Å²) in [6.45, 7) is 4.29. The Bertz CT molecular complexity index is 654. The lowest BCUT2D eigenvalue weighted by Crippen LogP contribution is -2.27. The van der Waals surface area contributed by atoms with E-state index in [9.17, 15) is 8.42 Å². The molecule has 1 unspecified atom stereocenters. The molecule has 2 heterocycles. The van der Waals surface area contributed by atoms with Gasteiger partial charge in [-0.2, -0.15) is 5.10 Å². The van der Waals surface area contributed by atoms with Gasteiger partial charge in [-0.1, -0.05) is 0 Å². The monoisotopic (exact) mass is 295 g/mol. The molecule has 8 heteroatoms. The third-order valence-corrected chi connectivity index (χ3v) is 4.36. The normalized spacial score (nSPS) is 13.1. The molecule has 1 atom stereocenters. The second kappa shape index (κ2) is 6.02. The molecule has 0 aliphatic heterocycles. The lowest BCUT2D eigenvalue weighted by Gasteiger charge is -2.15. The number of nitrogens with one attached hydrogen (secondary N) is 3. The number of aromatic amines is 1. The van der Waals surface area contributed by atoms with Crippen LogP contribution in [0.1, 0.15) is 25.5 Å². The Morgan fingerprint density at radius 1 is 1.40 bits per heavy atom. The average molecular weight is 295 g/mol. The molecule has 0 amide bonds. The van der Waals surface area contributed by atoms with Crippen LogP contribution in [-0.2, 0) is 10.0 Å². The molecule has 0 aliphatic carbocycles. The van der Waals surface area contributed by atoms with E-state index in [0.29, 0.717) is 12.2 Å². The Labute approximate surface area is 117 Å². The van der Waals surface area contributed by atoms with Crippen molar-refractivity contribution in [3.05, 3.63) is 36.4 Å². The standard InChI is InChI=1S/C12H17N5O2S/c1-3-14-11-4-5-13-8-12(11)20(18,19)17-9(2)10-6-15-16-7-10/h4-9,17H,3H2,1-2H3,(H,13,14)(H,15,16). The van der Waals surface area contributed by atoms with Crippen LogP contribution in [0.5, 0.6) is 0 Å². The highest BCUT2D eigenvalue weighted by Gasteiger charge is 2.22. The van der Waals surface area contributed by atoms with Gasteiger partial charge >= 0.3 is 0 Å². The van der Waals surface area contributed by atoms with Crippen molar-refractivity contribution in [1.29, 1.82) is 0 Å². The SMILES string of the molecule is CCNc1ccncc1S(=O)(=O)NC(C)c1cn[nH]c1. The van der Waals surface area contributed by atoms with Gasteiger partial charge in [0.15, 0.2) is 0 Å². The maximum absolute atomic E-state index is 12.4. The zero-order valence-corrected chi connectivity index (χ0v) is 12.1. The number of rotatable bonds is 6. The molecule has 0 fully saturated rings. The molecule has 2 aromatic heterocycles. The fourth-order valence-electron chi connectivity index (χ4n) is 1.79. The fourth-order valence-corrected chi connectivity index (χ4v) is 3.15. The van der Waals surface area contributed by atoms with E-state index in [2.05, 4.69) is 25.2 Å². The predicted molar refractivity (Wildman–Crippen MR) is 75.7 cm³/mol. The van der Waals surface area contributed by atoms with Crippen LogP contribution in [0, 0.1) is 0 Å². The quantitative estimate of drug-likeness (QED) is 0.745. The minimum atomic E-state index is -3.66. The Kier molecular flexibility index (Phi) is 4.35. The number of aromatic nitrogens is 3. The van der Waals surface area contributed by atoms with Gasteiger partial charge in [0.1, 0.15) is 4.90 Å². The summed E-state index contributed by atoms with van der Waals surface area (Å²) in [5.41, 5.74) is 1.30. The smallest absolute Gasteiger partial charge is 0.244 e. The lowest BCUT2D eigenvalue weighted by molar-refractivity contribution is 0.567. The van der Waals surface area contributed by atoms with Crippen LogP contribution in [0.25, 0.3) is 0 Å². The van der Waals surface area contributed by atoms with Crippen molar-refractivity contribution in [3.8, 4) is 0 Å². The van der Waals surface area contributed by atoms with Gasteiger partial charge in [0.05, 0.1) is 11.9 Å². The molecule has 2 aromatic rings. The molecule has 7 nitrogen and oxygen atoms in total. The maximum atomic E-state index is 12.4. The summed E-state index contributed by atoms with van der Waals surface area (Å²) in [4.78, 5) is 4.02. The van der Waals surface area contributed by atoms with Gasteiger partial charge in [-0.05, 0) is 19.9 Å². The summed E-state index contributed by atoms with van der Waals surface area (Å²) in [6, 6.07) is 1.26. The molecule has 0 aromatic carbocycles. The first kappa shape index (κ1) is 14.5. The molecular formula is C12H17N5O2S. The van der Waals surface area contributed by atoms with Crippen molar-refractivity contribution in [1.82, 2.24) is 19.9 Å². The molecule has 2 rings (SSSR count). The first-order valence-corrected chi connectivity index (χ1v) is 7.72. The number of anilines is 1.